The maximum absolute atomic E-state index is 11.6. The highest BCUT2D eigenvalue weighted by atomic mass is 32.2. The lowest BCUT2D eigenvalue weighted by Crippen LogP contribution is -2.31. The largest absolute Gasteiger partial charge is 0.396 e. The maximum Gasteiger partial charge on any atom is 0.264 e. The van der Waals surface area contributed by atoms with Gasteiger partial charge in [-0.25, -0.2) is 4.58 Å². The summed E-state index contributed by atoms with van der Waals surface area (Å²) in [6, 6.07) is 16.5. The molecule has 55 heavy (non-hydrogen) atoms. The number of benzene rings is 2. The standard InChI is InChI=1S/C43H57N3O7S2/c1-42(2)35-13-5-7-15-37(35)45(25-10-30-54(48,49)50)39(42)21-19-33-17-18-34(41(33)44-27-23-32(24-28-44)12-9-29-47)20-22-40-43(3,4)36-14-6-8-16-38(36)46(40)26-11-31-55(51,52)53/h5-8,13-16,19-22,32,47H,9-12,17-18,23-31H2,1-4H3,(H-,48,49,50,51,52,53)/p+1. The molecule has 6 rings (SSSR count). The van der Waals surface area contributed by atoms with Crippen molar-refractivity contribution in [1.82, 2.24) is 0 Å². The van der Waals surface area contributed by atoms with Gasteiger partial charge in [0.1, 0.15) is 13.1 Å². The second-order valence-electron chi connectivity index (χ2n) is 16.5. The fourth-order valence-corrected chi connectivity index (χ4v) is 10.2. The molecule has 4 aliphatic rings. The Morgan fingerprint density at radius 2 is 1.13 bits per heavy atom. The molecule has 1 saturated heterocycles. The minimum Gasteiger partial charge on any atom is -0.396 e. The Labute approximate surface area is 328 Å². The van der Waals surface area contributed by atoms with Crippen molar-refractivity contribution in [2.24, 2.45) is 5.92 Å². The van der Waals surface area contributed by atoms with Crippen LogP contribution in [-0.2, 0) is 31.1 Å². The second-order valence-corrected chi connectivity index (χ2v) is 19.6. The van der Waals surface area contributed by atoms with Crippen LogP contribution in [0.4, 0.5) is 11.4 Å². The molecule has 0 bridgehead atoms. The summed E-state index contributed by atoms with van der Waals surface area (Å²) in [5.41, 5.74) is 9.79. The average Bonchev–Trinajstić information content (AvgIpc) is 3.70. The van der Waals surface area contributed by atoms with E-state index in [0.717, 1.165) is 74.4 Å². The van der Waals surface area contributed by atoms with Gasteiger partial charge in [0.15, 0.2) is 0 Å². The number of piperidine rings is 1. The van der Waals surface area contributed by atoms with Crippen LogP contribution in [0.25, 0.3) is 0 Å². The minimum absolute atomic E-state index is 0.223. The Balaban J connectivity index is 1.39. The first kappa shape index (κ1) is 41.1. The molecule has 2 fully saturated rings. The Kier molecular flexibility index (Phi) is 12.3. The fraction of sp³-hybridized carbons (Fsp3) is 0.512. The summed E-state index contributed by atoms with van der Waals surface area (Å²) >= 11 is 0. The van der Waals surface area contributed by atoms with E-state index in [1.54, 1.807) is 0 Å². The number of aliphatic hydroxyl groups excluding tert-OH is 1. The van der Waals surface area contributed by atoms with E-state index in [0.29, 0.717) is 31.8 Å². The van der Waals surface area contributed by atoms with Crippen LogP contribution in [0.3, 0.4) is 0 Å². The van der Waals surface area contributed by atoms with Crippen LogP contribution < -0.4 is 9.80 Å². The third kappa shape index (κ3) is 9.20. The zero-order chi connectivity index (χ0) is 39.6. The van der Waals surface area contributed by atoms with Crippen molar-refractivity contribution in [3.05, 3.63) is 107 Å². The third-order valence-electron chi connectivity index (χ3n) is 12.0. The molecular weight excluding hydrogens is 735 g/mol. The van der Waals surface area contributed by atoms with Crippen LogP contribution in [-0.4, -0.2) is 85.6 Å². The number of nitrogens with zero attached hydrogens (tertiary/aromatic N) is 3. The summed E-state index contributed by atoms with van der Waals surface area (Å²) in [5, 5.41) is 9.46. The average molecular weight is 793 g/mol. The van der Waals surface area contributed by atoms with Gasteiger partial charge in [-0.1, -0.05) is 76.2 Å². The highest BCUT2D eigenvalue weighted by Crippen LogP contribution is 2.49. The SMILES string of the molecule is CC1(C)C(=CC=C2CCC(=CC=C3N(CCCS(=O)(=O)O)c4ccccc4C3(C)C)C2=[N+]2CCC(CCCO)CC2)N(CCCS(=O)(=O)O)c2ccccc21. The monoisotopic (exact) mass is 792 g/mol. The van der Waals surface area contributed by atoms with E-state index in [1.807, 2.05) is 24.3 Å². The lowest BCUT2D eigenvalue weighted by atomic mass is 9.83. The summed E-state index contributed by atoms with van der Waals surface area (Å²) < 4.78 is 68.0. The van der Waals surface area contributed by atoms with Crippen LogP contribution in [0.15, 0.2) is 95.4 Å². The molecular formula is C43H58N3O7S2+. The molecule has 1 saturated carbocycles. The van der Waals surface area contributed by atoms with Gasteiger partial charge >= 0.3 is 0 Å². The van der Waals surface area contributed by atoms with Gasteiger partial charge in [-0.15, -0.1) is 0 Å². The van der Waals surface area contributed by atoms with Crippen LogP contribution in [0.5, 0.6) is 0 Å². The molecule has 3 aliphatic heterocycles. The van der Waals surface area contributed by atoms with Gasteiger partial charge in [-0.05, 0) is 79.9 Å². The van der Waals surface area contributed by atoms with Gasteiger partial charge in [0.25, 0.3) is 20.2 Å². The Morgan fingerprint density at radius 1 is 0.691 bits per heavy atom. The number of hydrogen-bond acceptors (Lipinski definition) is 7. The van der Waals surface area contributed by atoms with Gasteiger partial charge in [-0.2, -0.15) is 16.8 Å². The van der Waals surface area contributed by atoms with Gasteiger partial charge in [-0.3, -0.25) is 9.11 Å². The number of hydrogen-bond donors (Lipinski definition) is 3. The van der Waals surface area contributed by atoms with Crippen LogP contribution >= 0.6 is 0 Å². The lowest BCUT2D eigenvalue weighted by Gasteiger charge is -2.27. The summed E-state index contributed by atoms with van der Waals surface area (Å²) in [6.45, 7) is 11.8. The van der Waals surface area contributed by atoms with Crippen LogP contribution in [0.2, 0.25) is 0 Å². The summed E-state index contributed by atoms with van der Waals surface area (Å²) in [5.74, 6) is 0.00411. The maximum atomic E-state index is 11.6. The molecule has 0 unspecified atom stereocenters. The fourth-order valence-electron chi connectivity index (χ4n) is 9.20. The summed E-state index contributed by atoms with van der Waals surface area (Å²) in [6.07, 6.45) is 15.3. The van der Waals surface area contributed by atoms with Crippen molar-refractivity contribution >= 4 is 37.3 Å². The second kappa shape index (κ2) is 16.5. The van der Waals surface area contributed by atoms with E-state index >= 15 is 0 Å². The normalized spacial score (nSPS) is 23.8. The van der Waals surface area contributed by atoms with Crippen LogP contribution in [0, 0.1) is 5.92 Å². The van der Waals surface area contributed by atoms with E-state index in [2.05, 4.69) is 90.6 Å². The van der Waals surface area contributed by atoms with E-state index in [-0.39, 0.29) is 28.9 Å². The Bertz CT molecular complexity index is 2000. The van der Waals surface area contributed by atoms with Crippen molar-refractivity contribution in [3.8, 4) is 0 Å². The molecule has 1 aliphatic carbocycles. The molecule has 0 atom stereocenters. The smallest absolute Gasteiger partial charge is 0.264 e. The predicted octanol–water partition coefficient (Wildman–Crippen LogP) is 7.19. The van der Waals surface area contributed by atoms with Gasteiger partial charge in [0.05, 0.1) is 11.5 Å². The quantitative estimate of drug-likeness (QED) is 0.142. The van der Waals surface area contributed by atoms with E-state index in [4.69, 9.17) is 0 Å². The van der Waals surface area contributed by atoms with E-state index < -0.39 is 20.2 Å². The first-order chi connectivity index (χ1) is 26.0. The van der Waals surface area contributed by atoms with Crippen molar-refractivity contribution in [1.29, 1.82) is 0 Å². The molecule has 0 spiro atoms. The number of aliphatic hydroxyl groups is 1. The lowest BCUT2D eigenvalue weighted by molar-refractivity contribution is -0.540. The summed E-state index contributed by atoms with van der Waals surface area (Å²) in [4.78, 5) is 4.41. The molecule has 3 heterocycles. The molecule has 298 valence electrons. The van der Waals surface area contributed by atoms with Crippen molar-refractivity contribution in [2.45, 2.75) is 89.9 Å². The first-order valence-corrected chi connectivity index (χ1v) is 22.9. The van der Waals surface area contributed by atoms with Gasteiger partial charge in [0, 0.05) is 77.3 Å². The molecule has 0 aromatic heterocycles. The first-order valence-electron chi connectivity index (χ1n) is 19.7. The molecule has 0 radical (unpaired) electrons. The van der Waals surface area contributed by atoms with Gasteiger partial charge in [0.2, 0.25) is 5.71 Å². The van der Waals surface area contributed by atoms with Crippen molar-refractivity contribution in [3.63, 3.8) is 0 Å². The highest BCUT2D eigenvalue weighted by molar-refractivity contribution is 7.86. The Hall–Kier alpha value is -3.55. The molecule has 10 nitrogen and oxygen atoms in total. The zero-order valence-electron chi connectivity index (χ0n) is 32.7. The topological polar surface area (TPSA) is 138 Å². The van der Waals surface area contributed by atoms with Crippen LogP contribution in [0.1, 0.15) is 90.2 Å². The summed E-state index contributed by atoms with van der Waals surface area (Å²) in [7, 11) is -8.15. The molecule has 3 N–H and O–H groups in total. The van der Waals surface area contributed by atoms with E-state index in [1.165, 1.54) is 28.0 Å². The van der Waals surface area contributed by atoms with E-state index in [9.17, 15) is 31.0 Å². The third-order valence-corrected chi connectivity index (χ3v) is 13.6. The molecule has 2 aromatic rings. The zero-order valence-corrected chi connectivity index (χ0v) is 34.4. The molecule has 0 amide bonds. The van der Waals surface area contributed by atoms with Crippen molar-refractivity contribution in [2.75, 3.05) is 54.1 Å². The minimum atomic E-state index is -4.08. The number of fused-ring (bicyclic) bond motifs is 2. The predicted molar refractivity (Wildman–Crippen MR) is 221 cm³/mol. The number of para-hydroxylation sites is 2. The Morgan fingerprint density at radius 3 is 1.55 bits per heavy atom. The molecule has 12 heteroatoms. The highest BCUT2D eigenvalue weighted by Gasteiger charge is 2.41. The number of anilines is 2. The van der Waals surface area contributed by atoms with Crippen molar-refractivity contribution < 1.29 is 35.6 Å². The molecule has 2 aromatic carbocycles. The number of allylic oxidation sites excluding steroid dienone is 8. The number of rotatable bonds is 13. The van der Waals surface area contributed by atoms with Gasteiger partial charge < -0.3 is 14.9 Å².